The standard InChI is InChI=1S/C11H7F10NS/c12-8(13,14)4-23-7-3-5(1-2-6(7)22)9(15,10(16,17)18)11(19,20)21/h1-3H,4,22H2. The number of thioether (sulfide) groups is 1. The molecule has 0 aliphatic rings. The Morgan fingerprint density at radius 2 is 1.30 bits per heavy atom. The van der Waals surface area contributed by atoms with Gasteiger partial charge >= 0.3 is 24.2 Å². The molecule has 0 aliphatic carbocycles. The summed E-state index contributed by atoms with van der Waals surface area (Å²) < 4.78 is 126. The molecule has 132 valence electrons. The van der Waals surface area contributed by atoms with Gasteiger partial charge in [-0.3, -0.25) is 0 Å². The van der Waals surface area contributed by atoms with Crippen molar-refractivity contribution in [2.24, 2.45) is 0 Å². The molecule has 12 heteroatoms. The van der Waals surface area contributed by atoms with Gasteiger partial charge in [0.25, 0.3) is 0 Å². The number of hydrogen-bond donors (Lipinski definition) is 1. The molecule has 0 amide bonds. The average Bonchev–Trinajstić information content (AvgIpc) is 2.33. The van der Waals surface area contributed by atoms with Crippen LogP contribution in [0, 0.1) is 0 Å². The fraction of sp³-hybridized carbons (Fsp3) is 0.455. The van der Waals surface area contributed by atoms with E-state index in [2.05, 4.69) is 0 Å². The van der Waals surface area contributed by atoms with Crippen molar-refractivity contribution in [2.45, 2.75) is 29.1 Å². The van der Waals surface area contributed by atoms with Gasteiger partial charge in [-0.15, -0.1) is 11.8 Å². The second-order valence-electron chi connectivity index (χ2n) is 4.31. The molecule has 1 aromatic rings. The maximum atomic E-state index is 13.8. The molecule has 0 radical (unpaired) electrons. The lowest BCUT2D eigenvalue weighted by atomic mass is 9.94. The third-order valence-electron chi connectivity index (χ3n) is 2.58. The first-order chi connectivity index (χ1) is 10.1. The van der Waals surface area contributed by atoms with E-state index in [1.54, 1.807) is 0 Å². The minimum Gasteiger partial charge on any atom is -0.398 e. The van der Waals surface area contributed by atoms with Gasteiger partial charge in [-0.05, 0) is 12.1 Å². The van der Waals surface area contributed by atoms with E-state index < -0.39 is 46.1 Å². The summed E-state index contributed by atoms with van der Waals surface area (Å²) in [6.07, 6.45) is -17.4. The number of nitrogen functional groups attached to an aromatic ring is 1. The van der Waals surface area contributed by atoms with Crippen molar-refractivity contribution in [3.8, 4) is 0 Å². The molecule has 0 spiro atoms. The second kappa shape index (κ2) is 5.95. The average molecular weight is 375 g/mol. The molecule has 1 nitrogen and oxygen atoms in total. The molecule has 0 atom stereocenters. The Hall–Kier alpha value is -1.33. The highest BCUT2D eigenvalue weighted by molar-refractivity contribution is 7.99. The van der Waals surface area contributed by atoms with Crippen LogP contribution >= 0.6 is 11.8 Å². The number of halogens is 10. The van der Waals surface area contributed by atoms with Crippen molar-refractivity contribution < 1.29 is 43.9 Å². The van der Waals surface area contributed by atoms with E-state index in [4.69, 9.17) is 5.73 Å². The van der Waals surface area contributed by atoms with E-state index in [1.807, 2.05) is 0 Å². The van der Waals surface area contributed by atoms with E-state index in [0.717, 1.165) is 0 Å². The predicted octanol–water partition coefficient (Wildman–Crippen LogP) is 5.21. The van der Waals surface area contributed by atoms with E-state index in [1.165, 1.54) is 0 Å². The molecule has 1 rings (SSSR count). The maximum Gasteiger partial charge on any atom is 0.435 e. The van der Waals surface area contributed by atoms with Gasteiger partial charge in [-0.2, -0.15) is 39.5 Å². The number of nitrogens with two attached hydrogens (primary N) is 1. The molecule has 2 N–H and O–H groups in total. The minimum atomic E-state index is -6.35. The zero-order valence-electron chi connectivity index (χ0n) is 10.7. The van der Waals surface area contributed by atoms with Crippen molar-refractivity contribution in [2.75, 3.05) is 11.5 Å². The quantitative estimate of drug-likeness (QED) is 0.446. The summed E-state index contributed by atoms with van der Waals surface area (Å²) in [6.45, 7) is 0. The van der Waals surface area contributed by atoms with Gasteiger partial charge in [-0.1, -0.05) is 6.07 Å². The third-order valence-corrected chi connectivity index (χ3v) is 3.72. The van der Waals surface area contributed by atoms with Gasteiger partial charge in [0.1, 0.15) is 0 Å². The van der Waals surface area contributed by atoms with Crippen LogP contribution in [-0.4, -0.2) is 24.3 Å². The molecule has 23 heavy (non-hydrogen) atoms. The zero-order chi connectivity index (χ0) is 18.3. The van der Waals surface area contributed by atoms with Crippen molar-refractivity contribution in [1.82, 2.24) is 0 Å². The van der Waals surface area contributed by atoms with Crippen LogP contribution < -0.4 is 5.73 Å². The van der Waals surface area contributed by atoms with Crippen LogP contribution in [-0.2, 0) is 5.67 Å². The summed E-state index contributed by atoms with van der Waals surface area (Å²) in [4.78, 5) is -0.740. The fourth-order valence-corrected chi connectivity index (χ4v) is 2.29. The smallest absolute Gasteiger partial charge is 0.398 e. The third kappa shape index (κ3) is 4.15. The Balaban J connectivity index is 3.36. The largest absolute Gasteiger partial charge is 0.435 e. The molecule has 0 saturated heterocycles. The summed E-state index contributed by atoms with van der Waals surface area (Å²) in [7, 11) is 0. The summed E-state index contributed by atoms with van der Waals surface area (Å²) in [5.41, 5.74) is -2.91. The normalized spacial score (nSPS) is 14.2. The predicted molar refractivity (Wildman–Crippen MR) is 62.5 cm³/mol. The lowest BCUT2D eigenvalue weighted by molar-refractivity contribution is -0.348. The van der Waals surface area contributed by atoms with Gasteiger partial charge in [0, 0.05) is 16.1 Å². The molecule has 0 saturated carbocycles. The number of hydrogen-bond acceptors (Lipinski definition) is 2. The van der Waals surface area contributed by atoms with Crippen LogP contribution in [0.15, 0.2) is 23.1 Å². The van der Waals surface area contributed by atoms with Crippen molar-refractivity contribution >= 4 is 17.4 Å². The van der Waals surface area contributed by atoms with E-state index in [9.17, 15) is 43.9 Å². The van der Waals surface area contributed by atoms with Crippen molar-refractivity contribution in [3.63, 3.8) is 0 Å². The number of rotatable bonds is 3. The van der Waals surface area contributed by atoms with Gasteiger partial charge in [0.2, 0.25) is 0 Å². The molecule has 0 unspecified atom stereocenters. The number of alkyl halides is 10. The molecule has 0 bridgehead atoms. The first kappa shape index (κ1) is 19.7. The summed E-state index contributed by atoms with van der Waals surface area (Å²) in [6, 6.07) is 0.639. The fourth-order valence-electron chi connectivity index (χ4n) is 1.52. The monoisotopic (exact) mass is 375 g/mol. The Bertz CT molecular complexity index is 545. The van der Waals surface area contributed by atoms with Crippen LogP contribution in [0.5, 0.6) is 0 Å². The molecule has 1 aromatic carbocycles. The molecule has 0 fully saturated rings. The van der Waals surface area contributed by atoms with Crippen LogP contribution in [0.3, 0.4) is 0 Å². The second-order valence-corrected chi connectivity index (χ2v) is 5.33. The topological polar surface area (TPSA) is 26.0 Å². The summed E-state index contributed by atoms with van der Waals surface area (Å²) >= 11 is -0.146. The zero-order valence-corrected chi connectivity index (χ0v) is 11.5. The van der Waals surface area contributed by atoms with Crippen LogP contribution in [0.25, 0.3) is 0 Å². The number of benzene rings is 1. The van der Waals surface area contributed by atoms with Gasteiger partial charge in [-0.25, -0.2) is 4.39 Å². The maximum absolute atomic E-state index is 13.8. The summed E-state index contributed by atoms with van der Waals surface area (Å²) in [5.74, 6) is -1.61. The van der Waals surface area contributed by atoms with Gasteiger partial charge in [0.05, 0.1) is 5.75 Å². The van der Waals surface area contributed by atoms with Crippen LogP contribution in [0.2, 0.25) is 0 Å². The Kier molecular flexibility index (Phi) is 5.10. The first-order valence-electron chi connectivity index (χ1n) is 5.51. The highest BCUT2D eigenvalue weighted by atomic mass is 32.2. The first-order valence-corrected chi connectivity index (χ1v) is 6.50. The van der Waals surface area contributed by atoms with Gasteiger partial charge < -0.3 is 5.73 Å². The molecule has 0 aliphatic heterocycles. The lowest BCUT2D eigenvalue weighted by Gasteiger charge is -2.30. The van der Waals surface area contributed by atoms with Crippen molar-refractivity contribution in [1.29, 1.82) is 0 Å². The Labute approximate surface area is 126 Å². The van der Waals surface area contributed by atoms with E-state index >= 15 is 0 Å². The summed E-state index contributed by atoms with van der Waals surface area (Å²) in [5, 5.41) is 0. The Morgan fingerprint density at radius 3 is 1.70 bits per heavy atom. The van der Waals surface area contributed by atoms with Crippen LogP contribution in [0.1, 0.15) is 5.56 Å². The highest BCUT2D eigenvalue weighted by Crippen LogP contribution is 2.53. The minimum absolute atomic E-state index is 0.0206. The van der Waals surface area contributed by atoms with Crippen LogP contribution in [0.4, 0.5) is 49.6 Å². The lowest BCUT2D eigenvalue weighted by Crippen LogP contribution is -2.50. The molecule has 0 heterocycles. The SMILES string of the molecule is Nc1ccc(C(F)(C(F)(F)F)C(F)(F)F)cc1SCC(F)(F)F. The van der Waals surface area contributed by atoms with E-state index in [0.29, 0.717) is 6.07 Å². The van der Waals surface area contributed by atoms with Gasteiger partial charge in [0.15, 0.2) is 0 Å². The van der Waals surface area contributed by atoms with Crippen molar-refractivity contribution in [3.05, 3.63) is 23.8 Å². The molecular weight excluding hydrogens is 368 g/mol. The highest BCUT2D eigenvalue weighted by Gasteiger charge is 2.73. The molecular formula is C11H7F10NS. The Morgan fingerprint density at radius 1 is 0.826 bits per heavy atom. The number of anilines is 1. The van der Waals surface area contributed by atoms with E-state index in [-0.39, 0.29) is 23.9 Å². The molecule has 0 aromatic heterocycles.